The predicted octanol–water partition coefficient (Wildman–Crippen LogP) is 1.23. The molecule has 1 aliphatic carbocycles. The Labute approximate surface area is 107 Å². The van der Waals surface area contributed by atoms with Gasteiger partial charge in [-0.2, -0.15) is 0 Å². The SMILES string of the molecule is CC1(CNS(=O)(=O)c2ccc(=O)[nH]c2)CCCC1. The summed E-state index contributed by atoms with van der Waals surface area (Å²) in [6, 6.07) is 2.53. The lowest BCUT2D eigenvalue weighted by molar-refractivity contribution is 0.336. The first-order valence-electron chi connectivity index (χ1n) is 6.10. The number of nitrogens with one attached hydrogen (secondary N) is 2. The van der Waals surface area contributed by atoms with Gasteiger partial charge in [0, 0.05) is 18.8 Å². The first-order valence-corrected chi connectivity index (χ1v) is 7.58. The van der Waals surface area contributed by atoms with E-state index in [2.05, 4.69) is 16.6 Å². The van der Waals surface area contributed by atoms with Crippen LogP contribution in [0.1, 0.15) is 32.6 Å². The van der Waals surface area contributed by atoms with Crippen molar-refractivity contribution in [2.45, 2.75) is 37.5 Å². The minimum atomic E-state index is -3.52. The van der Waals surface area contributed by atoms with E-state index in [-0.39, 0.29) is 15.9 Å². The first-order chi connectivity index (χ1) is 8.41. The maximum absolute atomic E-state index is 12.0. The second-order valence-electron chi connectivity index (χ2n) is 5.23. The molecule has 1 aromatic heterocycles. The zero-order chi connectivity index (χ0) is 13.2. The van der Waals surface area contributed by atoms with Crippen LogP contribution in [0.15, 0.2) is 28.0 Å². The number of aromatic nitrogens is 1. The van der Waals surface area contributed by atoms with Crippen LogP contribution < -0.4 is 10.3 Å². The summed E-state index contributed by atoms with van der Waals surface area (Å²) in [6.07, 6.45) is 5.66. The molecule has 2 N–H and O–H groups in total. The molecule has 0 aromatic carbocycles. The lowest BCUT2D eigenvalue weighted by atomic mass is 9.89. The molecule has 6 heteroatoms. The smallest absolute Gasteiger partial charge is 0.247 e. The Morgan fingerprint density at radius 2 is 2.00 bits per heavy atom. The summed E-state index contributed by atoms with van der Waals surface area (Å²) >= 11 is 0. The summed E-state index contributed by atoms with van der Waals surface area (Å²) in [6.45, 7) is 2.56. The number of pyridine rings is 1. The second-order valence-corrected chi connectivity index (χ2v) is 7.00. The van der Waals surface area contributed by atoms with E-state index in [0.29, 0.717) is 6.54 Å². The van der Waals surface area contributed by atoms with Crippen LogP contribution in [0.5, 0.6) is 0 Å². The molecule has 5 nitrogen and oxygen atoms in total. The van der Waals surface area contributed by atoms with Crippen molar-refractivity contribution in [3.05, 3.63) is 28.7 Å². The molecule has 0 radical (unpaired) electrons. The molecule has 0 bridgehead atoms. The monoisotopic (exact) mass is 270 g/mol. The standard InChI is InChI=1S/C12H18N2O3S/c1-12(6-2-3-7-12)9-14-18(16,17)10-4-5-11(15)13-8-10/h4-5,8,14H,2-3,6-7,9H2,1H3,(H,13,15). The zero-order valence-electron chi connectivity index (χ0n) is 10.4. The summed E-state index contributed by atoms with van der Waals surface area (Å²) in [4.78, 5) is 13.4. The van der Waals surface area contributed by atoms with E-state index in [4.69, 9.17) is 0 Å². The van der Waals surface area contributed by atoms with Gasteiger partial charge >= 0.3 is 0 Å². The minimum Gasteiger partial charge on any atom is -0.328 e. The van der Waals surface area contributed by atoms with E-state index in [0.717, 1.165) is 25.7 Å². The number of rotatable bonds is 4. The fourth-order valence-corrected chi connectivity index (χ4v) is 3.49. The average Bonchev–Trinajstić information content (AvgIpc) is 2.75. The maximum atomic E-state index is 12.0. The van der Waals surface area contributed by atoms with Crippen molar-refractivity contribution in [2.75, 3.05) is 6.54 Å². The second kappa shape index (κ2) is 4.85. The molecule has 100 valence electrons. The third-order valence-electron chi connectivity index (χ3n) is 3.57. The number of H-pyrrole nitrogens is 1. The van der Waals surface area contributed by atoms with Gasteiger partial charge in [0.15, 0.2) is 0 Å². The molecular formula is C12H18N2O3S. The van der Waals surface area contributed by atoms with Gasteiger partial charge in [0.25, 0.3) is 0 Å². The van der Waals surface area contributed by atoms with Gasteiger partial charge in [-0.3, -0.25) is 4.79 Å². The van der Waals surface area contributed by atoms with Gasteiger partial charge in [-0.05, 0) is 24.3 Å². The van der Waals surface area contributed by atoms with Crippen LogP contribution in [0.25, 0.3) is 0 Å². The molecule has 0 saturated heterocycles. The normalized spacial score (nSPS) is 18.9. The van der Waals surface area contributed by atoms with Crippen molar-refractivity contribution in [1.82, 2.24) is 9.71 Å². The fourth-order valence-electron chi connectivity index (χ4n) is 2.32. The summed E-state index contributed by atoms with van der Waals surface area (Å²) in [7, 11) is -3.52. The molecule has 1 fully saturated rings. The lowest BCUT2D eigenvalue weighted by Crippen LogP contribution is -2.34. The highest BCUT2D eigenvalue weighted by Gasteiger charge is 2.30. The van der Waals surface area contributed by atoms with Gasteiger partial charge in [0.1, 0.15) is 0 Å². The zero-order valence-corrected chi connectivity index (χ0v) is 11.2. The van der Waals surface area contributed by atoms with Crippen molar-refractivity contribution in [1.29, 1.82) is 0 Å². The highest BCUT2D eigenvalue weighted by molar-refractivity contribution is 7.89. The number of aromatic amines is 1. The number of sulfonamides is 1. The van der Waals surface area contributed by atoms with Crippen LogP contribution in [-0.2, 0) is 10.0 Å². The molecule has 18 heavy (non-hydrogen) atoms. The third kappa shape index (κ3) is 3.00. The molecule has 1 aliphatic rings. The minimum absolute atomic E-state index is 0.0647. The lowest BCUT2D eigenvalue weighted by Gasteiger charge is -2.23. The predicted molar refractivity (Wildman–Crippen MR) is 68.8 cm³/mol. The number of hydrogen-bond acceptors (Lipinski definition) is 3. The molecule has 1 saturated carbocycles. The van der Waals surface area contributed by atoms with Crippen LogP contribution in [0.2, 0.25) is 0 Å². The summed E-state index contributed by atoms with van der Waals surface area (Å²) in [5.41, 5.74) is -0.244. The number of hydrogen-bond donors (Lipinski definition) is 2. The Hall–Kier alpha value is -1.14. The molecule has 1 heterocycles. The van der Waals surface area contributed by atoms with E-state index in [1.807, 2.05) is 0 Å². The van der Waals surface area contributed by atoms with E-state index in [1.165, 1.54) is 18.3 Å². The van der Waals surface area contributed by atoms with Crippen LogP contribution in [0.4, 0.5) is 0 Å². The van der Waals surface area contributed by atoms with E-state index >= 15 is 0 Å². The van der Waals surface area contributed by atoms with Gasteiger partial charge in [0.2, 0.25) is 15.6 Å². The molecule has 0 spiro atoms. The molecular weight excluding hydrogens is 252 g/mol. The maximum Gasteiger partial charge on any atom is 0.247 e. The van der Waals surface area contributed by atoms with Gasteiger partial charge in [-0.25, -0.2) is 13.1 Å². The Morgan fingerprint density at radius 1 is 1.33 bits per heavy atom. The van der Waals surface area contributed by atoms with Crippen LogP contribution in [0.3, 0.4) is 0 Å². The van der Waals surface area contributed by atoms with E-state index < -0.39 is 10.0 Å². The molecule has 1 aromatic rings. The fraction of sp³-hybridized carbons (Fsp3) is 0.583. The Morgan fingerprint density at radius 3 is 2.56 bits per heavy atom. The van der Waals surface area contributed by atoms with Gasteiger partial charge < -0.3 is 4.98 Å². The van der Waals surface area contributed by atoms with Crippen molar-refractivity contribution >= 4 is 10.0 Å². The quantitative estimate of drug-likeness (QED) is 0.863. The topological polar surface area (TPSA) is 79.0 Å². The van der Waals surface area contributed by atoms with Crippen LogP contribution >= 0.6 is 0 Å². The molecule has 0 aliphatic heterocycles. The highest BCUT2D eigenvalue weighted by atomic mass is 32.2. The van der Waals surface area contributed by atoms with E-state index in [9.17, 15) is 13.2 Å². The van der Waals surface area contributed by atoms with Gasteiger partial charge in [0.05, 0.1) is 4.90 Å². The Kier molecular flexibility index (Phi) is 3.59. The molecule has 0 atom stereocenters. The summed E-state index contributed by atoms with van der Waals surface area (Å²) < 4.78 is 26.6. The van der Waals surface area contributed by atoms with Crippen LogP contribution in [0, 0.1) is 5.41 Å². The largest absolute Gasteiger partial charge is 0.328 e. The van der Waals surface area contributed by atoms with Crippen molar-refractivity contribution in [3.63, 3.8) is 0 Å². The van der Waals surface area contributed by atoms with Crippen molar-refractivity contribution in [2.24, 2.45) is 5.41 Å². The van der Waals surface area contributed by atoms with E-state index in [1.54, 1.807) is 0 Å². The highest BCUT2D eigenvalue weighted by Crippen LogP contribution is 2.36. The third-order valence-corrected chi connectivity index (χ3v) is 4.96. The molecule has 0 amide bonds. The summed E-state index contributed by atoms with van der Waals surface area (Å²) in [5, 5.41) is 0. The van der Waals surface area contributed by atoms with Crippen LogP contribution in [-0.4, -0.2) is 19.9 Å². The average molecular weight is 270 g/mol. The van der Waals surface area contributed by atoms with Gasteiger partial charge in [-0.15, -0.1) is 0 Å². The van der Waals surface area contributed by atoms with Crippen molar-refractivity contribution < 1.29 is 8.42 Å². The first kappa shape index (κ1) is 13.3. The Balaban J connectivity index is 2.08. The molecule has 2 rings (SSSR count). The van der Waals surface area contributed by atoms with Crippen molar-refractivity contribution in [3.8, 4) is 0 Å². The Bertz CT molecular complexity index is 551. The van der Waals surface area contributed by atoms with Gasteiger partial charge in [-0.1, -0.05) is 19.8 Å². The molecule has 0 unspecified atom stereocenters. The summed E-state index contributed by atoms with van der Waals surface area (Å²) in [5.74, 6) is 0.